The Morgan fingerprint density at radius 3 is 2.94 bits per heavy atom. The SMILES string of the molecule is O=C(NCC1CNCCOC1)NC1CCCCC1. The van der Waals surface area contributed by atoms with Gasteiger partial charge in [-0.1, -0.05) is 19.3 Å². The summed E-state index contributed by atoms with van der Waals surface area (Å²) in [6.07, 6.45) is 6.05. The molecule has 1 atom stereocenters. The van der Waals surface area contributed by atoms with E-state index < -0.39 is 0 Å². The van der Waals surface area contributed by atoms with E-state index in [1.807, 2.05) is 0 Å². The van der Waals surface area contributed by atoms with E-state index in [-0.39, 0.29) is 6.03 Å². The molecular formula is C13H25N3O2. The highest BCUT2D eigenvalue weighted by Crippen LogP contribution is 2.17. The summed E-state index contributed by atoms with van der Waals surface area (Å²) in [6.45, 7) is 4.02. The second kappa shape index (κ2) is 7.59. The van der Waals surface area contributed by atoms with Crippen molar-refractivity contribution in [2.45, 2.75) is 38.1 Å². The fraction of sp³-hybridized carbons (Fsp3) is 0.923. The summed E-state index contributed by atoms with van der Waals surface area (Å²) in [6, 6.07) is 0.355. The lowest BCUT2D eigenvalue weighted by Gasteiger charge is -2.23. The van der Waals surface area contributed by atoms with Crippen molar-refractivity contribution in [1.29, 1.82) is 0 Å². The third kappa shape index (κ3) is 4.82. The van der Waals surface area contributed by atoms with Gasteiger partial charge in [0.2, 0.25) is 0 Å². The molecule has 0 aromatic rings. The van der Waals surface area contributed by atoms with Crippen LogP contribution in [0.2, 0.25) is 0 Å². The zero-order valence-electron chi connectivity index (χ0n) is 11.0. The summed E-state index contributed by atoms with van der Waals surface area (Å²) in [5.41, 5.74) is 0. The first kappa shape index (κ1) is 13.6. The molecule has 3 N–H and O–H groups in total. The van der Waals surface area contributed by atoms with E-state index in [1.54, 1.807) is 0 Å². The first-order valence-corrected chi connectivity index (χ1v) is 7.17. The van der Waals surface area contributed by atoms with Crippen molar-refractivity contribution in [1.82, 2.24) is 16.0 Å². The van der Waals surface area contributed by atoms with E-state index >= 15 is 0 Å². The largest absolute Gasteiger partial charge is 0.380 e. The smallest absolute Gasteiger partial charge is 0.315 e. The molecule has 1 heterocycles. The summed E-state index contributed by atoms with van der Waals surface area (Å²) >= 11 is 0. The monoisotopic (exact) mass is 255 g/mol. The number of amides is 2. The van der Waals surface area contributed by atoms with E-state index in [4.69, 9.17) is 4.74 Å². The number of carbonyl (C=O) groups is 1. The van der Waals surface area contributed by atoms with Crippen LogP contribution in [0.25, 0.3) is 0 Å². The van der Waals surface area contributed by atoms with E-state index in [9.17, 15) is 4.79 Å². The molecule has 18 heavy (non-hydrogen) atoms. The molecule has 2 aliphatic rings. The van der Waals surface area contributed by atoms with Crippen LogP contribution in [0.15, 0.2) is 0 Å². The van der Waals surface area contributed by atoms with Gasteiger partial charge in [0.25, 0.3) is 0 Å². The second-order valence-corrected chi connectivity index (χ2v) is 5.33. The van der Waals surface area contributed by atoms with Crippen molar-refractivity contribution in [3.05, 3.63) is 0 Å². The third-order valence-electron chi connectivity index (χ3n) is 3.70. The average Bonchev–Trinajstić information content (AvgIpc) is 2.66. The van der Waals surface area contributed by atoms with Gasteiger partial charge in [0.1, 0.15) is 0 Å². The topological polar surface area (TPSA) is 62.4 Å². The number of nitrogens with one attached hydrogen (secondary N) is 3. The number of ether oxygens (including phenoxy) is 1. The molecule has 0 aromatic carbocycles. The van der Waals surface area contributed by atoms with Crippen LogP contribution in [-0.2, 0) is 4.74 Å². The Labute approximate surface area is 109 Å². The van der Waals surface area contributed by atoms with Crippen molar-refractivity contribution >= 4 is 6.03 Å². The van der Waals surface area contributed by atoms with Gasteiger partial charge in [-0.05, 0) is 12.8 Å². The van der Waals surface area contributed by atoms with Crippen LogP contribution in [0, 0.1) is 5.92 Å². The molecule has 2 fully saturated rings. The lowest BCUT2D eigenvalue weighted by atomic mass is 9.96. The maximum absolute atomic E-state index is 11.8. The van der Waals surface area contributed by atoms with Gasteiger partial charge in [-0.15, -0.1) is 0 Å². The number of urea groups is 1. The van der Waals surface area contributed by atoms with Crippen molar-refractivity contribution in [3.8, 4) is 0 Å². The summed E-state index contributed by atoms with van der Waals surface area (Å²) in [7, 11) is 0. The molecule has 5 nitrogen and oxygen atoms in total. The lowest BCUT2D eigenvalue weighted by molar-refractivity contribution is 0.123. The fourth-order valence-corrected chi connectivity index (χ4v) is 2.61. The maximum Gasteiger partial charge on any atom is 0.315 e. The zero-order valence-corrected chi connectivity index (χ0v) is 11.0. The number of hydrogen-bond donors (Lipinski definition) is 3. The molecule has 104 valence electrons. The molecule has 1 aliphatic heterocycles. The predicted octanol–water partition coefficient (Wildman–Crippen LogP) is 0.854. The van der Waals surface area contributed by atoms with Crippen LogP contribution in [0.4, 0.5) is 4.79 Å². The molecule has 1 saturated heterocycles. The maximum atomic E-state index is 11.8. The van der Waals surface area contributed by atoms with Crippen LogP contribution in [0.5, 0.6) is 0 Å². The summed E-state index contributed by atoms with van der Waals surface area (Å²) in [5.74, 6) is 0.379. The summed E-state index contributed by atoms with van der Waals surface area (Å²) in [4.78, 5) is 11.8. The fourth-order valence-electron chi connectivity index (χ4n) is 2.61. The van der Waals surface area contributed by atoms with Crippen LogP contribution < -0.4 is 16.0 Å². The minimum Gasteiger partial charge on any atom is -0.380 e. The van der Waals surface area contributed by atoms with E-state index in [0.717, 1.165) is 39.1 Å². The molecule has 2 rings (SSSR count). The van der Waals surface area contributed by atoms with E-state index in [1.165, 1.54) is 19.3 Å². The van der Waals surface area contributed by atoms with Gasteiger partial charge >= 0.3 is 6.03 Å². The zero-order chi connectivity index (χ0) is 12.6. The van der Waals surface area contributed by atoms with E-state index in [0.29, 0.717) is 18.5 Å². The lowest BCUT2D eigenvalue weighted by Crippen LogP contribution is -2.45. The standard InChI is InChI=1S/C13H25N3O2/c17-13(16-12-4-2-1-3-5-12)15-9-11-8-14-6-7-18-10-11/h11-12,14H,1-10H2,(H2,15,16,17). The quantitative estimate of drug-likeness (QED) is 0.701. The Kier molecular flexibility index (Phi) is 5.74. The predicted molar refractivity (Wildman–Crippen MR) is 70.6 cm³/mol. The van der Waals surface area contributed by atoms with Gasteiger partial charge in [0.05, 0.1) is 13.2 Å². The van der Waals surface area contributed by atoms with Gasteiger partial charge < -0.3 is 20.7 Å². The molecule has 2 amide bonds. The third-order valence-corrected chi connectivity index (χ3v) is 3.70. The minimum atomic E-state index is -0.0221. The number of hydrogen-bond acceptors (Lipinski definition) is 3. The number of carbonyl (C=O) groups excluding carboxylic acids is 1. The molecule has 1 unspecified atom stereocenters. The Morgan fingerprint density at radius 1 is 1.28 bits per heavy atom. The highest BCUT2D eigenvalue weighted by atomic mass is 16.5. The molecule has 1 aliphatic carbocycles. The molecular weight excluding hydrogens is 230 g/mol. The van der Waals surface area contributed by atoms with Crippen molar-refractivity contribution in [3.63, 3.8) is 0 Å². The molecule has 0 bridgehead atoms. The average molecular weight is 255 g/mol. The first-order chi connectivity index (χ1) is 8.84. The Morgan fingerprint density at radius 2 is 2.11 bits per heavy atom. The molecule has 0 aromatic heterocycles. The van der Waals surface area contributed by atoms with Gasteiger partial charge in [0.15, 0.2) is 0 Å². The van der Waals surface area contributed by atoms with Crippen LogP contribution >= 0.6 is 0 Å². The van der Waals surface area contributed by atoms with Crippen molar-refractivity contribution in [2.75, 3.05) is 32.8 Å². The van der Waals surface area contributed by atoms with Crippen molar-refractivity contribution < 1.29 is 9.53 Å². The van der Waals surface area contributed by atoms with Crippen LogP contribution in [0.3, 0.4) is 0 Å². The highest BCUT2D eigenvalue weighted by molar-refractivity contribution is 5.74. The molecule has 5 heteroatoms. The van der Waals surface area contributed by atoms with Gasteiger partial charge in [-0.3, -0.25) is 0 Å². The molecule has 0 radical (unpaired) electrons. The van der Waals surface area contributed by atoms with Gasteiger partial charge in [0, 0.05) is 31.6 Å². The summed E-state index contributed by atoms with van der Waals surface area (Å²) < 4.78 is 5.46. The van der Waals surface area contributed by atoms with Crippen LogP contribution in [0.1, 0.15) is 32.1 Å². The minimum absolute atomic E-state index is 0.0221. The highest BCUT2D eigenvalue weighted by Gasteiger charge is 2.17. The Balaban J connectivity index is 1.61. The summed E-state index contributed by atoms with van der Waals surface area (Å²) in [5, 5.41) is 9.33. The first-order valence-electron chi connectivity index (χ1n) is 7.17. The molecule has 0 spiro atoms. The van der Waals surface area contributed by atoms with Gasteiger partial charge in [-0.2, -0.15) is 0 Å². The Bertz CT molecular complexity index is 247. The van der Waals surface area contributed by atoms with Crippen LogP contribution in [-0.4, -0.2) is 44.9 Å². The van der Waals surface area contributed by atoms with E-state index in [2.05, 4.69) is 16.0 Å². The molecule has 1 saturated carbocycles. The second-order valence-electron chi connectivity index (χ2n) is 5.33. The van der Waals surface area contributed by atoms with Gasteiger partial charge in [-0.25, -0.2) is 4.79 Å². The number of rotatable bonds is 3. The Hall–Kier alpha value is -0.810. The normalized spacial score (nSPS) is 26.3. The van der Waals surface area contributed by atoms with Crippen molar-refractivity contribution in [2.24, 2.45) is 5.92 Å².